The summed E-state index contributed by atoms with van der Waals surface area (Å²) in [6.07, 6.45) is 3.33. The number of nitrogens with zero attached hydrogens (tertiary/aromatic N) is 4. The van der Waals surface area contributed by atoms with Crippen LogP contribution in [-0.2, 0) is 6.42 Å². The third-order valence-corrected chi connectivity index (χ3v) is 6.09. The van der Waals surface area contributed by atoms with E-state index in [4.69, 9.17) is 4.98 Å². The molecule has 0 fully saturated rings. The topological polar surface area (TPSA) is 52.2 Å². The Balaban J connectivity index is 1.82. The Morgan fingerprint density at radius 3 is 2.44 bits per heavy atom. The molecule has 5 nitrogen and oxygen atoms in total. The van der Waals surface area contributed by atoms with Crippen LogP contribution in [0, 0.1) is 27.7 Å². The highest BCUT2D eigenvalue weighted by Gasteiger charge is 2.13. The highest BCUT2D eigenvalue weighted by atomic mass is 79.9. The third-order valence-electron chi connectivity index (χ3n) is 5.60. The first-order valence-electron chi connectivity index (χ1n) is 10.8. The summed E-state index contributed by atoms with van der Waals surface area (Å²) in [5.74, 6) is 0.673. The Labute approximate surface area is 196 Å². The fourth-order valence-corrected chi connectivity index (χ4v) is 4.58. The van der Waals surface area contributed by atoms with Gasteiger partial charge in [0.05, 0.1) is 17.1 Å². The van der Waals surface area contributed by atoms with Gasteiger partial charge in [-0.2, -0.15) is 9.78 Å². The van der Waals surface area contributed by atoms with Gasteiger partial charge in [0.2, 0.25) is 0 Å². The monoisotopic (exact) mass is 490 g/mol. The zero-order valence-electron chi connectivity index (χ0n) is 19.1. The van der Waals surface area contributed by atoms with Crippen molar-refractivity contribution in [2.45, 2.75) is 47.5 Å². The molecule has 32 heavy (non-hydrogen) atoms. The van der Waals surface area contributed by atoms with Gasteiger partial charge in [0.15, 0.2) is 0 Å². The summed E-state index contributed by atoms with van der Waals surface area (Å²) in [5.41, 5.74) is 7.32. The molecule has 0 aliphatic rings. The minimum absolute atomic E-state index is 0.154. The third kappa shape index (κ3) is 4.19. The largest absolute Gasteiger partial charge is 0.318 e. The first-order valence-corrected chi connectivity index (χ1v) is 11.6. The molecule has 4 aromatic rings. The summed E-state index contributed by atoms with van der Waals surface area (Å²) in [6.45, 7) is 10.5. The van der Waals surface area contributed by atoms with Crippen LogP contribution in [0.5, 0.6) is 0 Å². The highest BCUT2D eigenvalue weighted by molar-refractivity contribution is 9.10. The molecule has 0 spiro atoms. The first-order chi connectivity index (χ1) is 15.3. The summed E-state index contributed by atoms with van der Waals surface area (Å²) in [7, 11) is 0. The van der Waals surface area contributed by atoms with Crippen molar-refractivity contribution in [1.29, 1.82) is 0 Å². The molecular weight excluding hydrogens is 464 g/mol. The maximum absolute atomic E-state index is 13.2. The van der Waals surface area contributed by atoms with Crippen LogP contribution in [-0.4, -0.2) is 20.4 Å². The van der Waals surface area contributed by atoms with Crippen molar-refractivity contribution >= 4 is 33.0 Å². The fourth-order valence-electron chi connectivity index (χ4n) is 4.21. The van der Waals surface area contributed by atoms with Crippen molar-refractivity contribution in [3.63, 3.8) is 0 Å². The number of benzene rings is 2. The summed E-state index contributed by atoms with van der Waals surface area (Å²) >= 11 is 3.45. The fraction of sp³-hybridized carbons (Fsp3) is 0.269. The van der Waals surface area contributed by atoms with Gasteiger partial charge in [0.25, 0.3) is 5.56 Å². The van der Waals surface area contributed by atoms with Crippen LogP contribution >= 0.6 is 15.9 Å². The Hall–Kier alpha value is -2.99. The van der Waals surface area contributed by atoms with Crippen LogP contribution < -0.4 is 5.56 Å². The van der Waals surface area contributed by atoms with Gasteiger partial charge >= 0.3 is 0 Å². The highest BCUT2D eigenvalue weighted by Crippen LogP contribution is 2.22. The molecule has 0 aliphatic heterocycles. The lowest BCUT2D eigenvalue weighted by Gasteiger charge is -2.12. The molecule has 164 valence electrons. The molecule has 0 saturated heterocycles. The van der Waals surface area contributed by atoms with E-state index in [2.05, 4.69) is 84.5 Å². The predicted molar refractivity (Wildman–Crippen MR) is 135 cm³/mol. The maximum Gasteiger partial charge on any atom is 0.282 e. The normalized spacial score (nSPS) is 11.7. The van der Waals surface area contributed by atoms with E-state index < -0.39 is 0 Å². The molecule has 0 radical (unpaired) electrons. The molecule has 0 N–H and O–H groups in total. The number of hydrogen-bond acceptors (Lipinski definition) is 3. The smallest absolute Gasteiger partial charge is 0.282 e. The minimum Gasteiger partial charge on any atom is -0.318 e. The number of aryl methyl sites for hydroxylation is 4. The minimum atomic E-state index is -0.154. The van der Waals surface area contributed by atoms with Crippen LogP contribution in [0.2, 0.25) is 0 Å². The molecule has 0 bridgehead atoms. The van der Waals surface area contributed by atoms with Crippen LogP contribution in [0.15, 0.2) is 56.8 Å². The summed E-state index contributed by atoms with van der Waals surface area (Å²) in [6, 6.07) is 14.2. The number of fused-ring (bicyclic) bond motifs is 1. The SMILES string of the molecule is CCCc1nc2ccc(Br)cc2c(=O)n1N=Cc1cc(C)n(-c2cc(C)cc(C)c2)c1C. The Bertz CT molecular complexity index is 1390. The number of aromatic nitrogens is 3. The van der Waals surface area contributed by atoms with E-state index in [-0.39, 0.29) is 5.56 Å². The van der Waals surface area contributed by atoms with E-state index in [1.54, 1.807) is 12.3 Å². The van der Waals surface area contributed by atoms with E-state index in [0.717, 1.165) is 33.5 Å². The van der Waals surface area contributed by atoms with Gasteiger partial charge in [-0.05, 0) is 81.6 Å². The predicted octanol–water partition coefficient (Wildman–Crippen LogP) is 6.02. The molecule has 2 heterocycles. The average Bonchev–Trinajstić information content (AvgIpc) is 3.01. The van der Waals surface area contributed by atoms with Gasteiger partial charge in [0.1, 0.15) is 5.82 Å². The summed E-state index contributed by atoms with van der Waals surface area (Å²) < 4.78 is 4.52. The van der Waals surface area contributed by atoms with Crippen molar-refractivity contribution in [2.24, 2.45) is 5.10 Å². The zero-order chi connectivity index (χ0) is 23.0. The average molecular weight is 491 g/mol. The molecule has 2 aromatic heterocycles. The van der Waals surface area contributed by atoms with Gasteiger partial charge < -0.3 is 4.57 Å². The number of halogens is 1. The molecular formula is C26H27BrN4O. The van der Waals surface area contributed by atoms with E-state index in [9.17, 15) is 4.79 Å². The molecule has 4 rings (SSSR count). The molecule has 0 atom stereocenters. The van der Waals surface area contributed by atoms with E-state index in [1.165, 1.54) is 15.8 Å². The molecule has 0 saturated carbocycles. The zero-order valence-corrected chi connectivity index (χ0v) is 20.7. The van der Waals surface area contributed by atoms with Crippen LogP contribution in [0.25, 0.3) is 16.6 Å². The van der Waals surface area contributed by atoms with Gasteiger partial charge in [-0.25, -0.2) is 4.98 Å². The second kappa shape index (κ2) is 8.87. The Morgan fingerprint density at radius 2 is 1.75 bits per heavy atom. The summed E-state index contributed by atoms with van der Waals surface area (Å²) in [4.78, 5) is 17.9. The first kappa shape index (κ1) is 22.2. The standard InChI is InChI=1S/C26H27BrN4O/c1-6-7-25-29-24-9-8-21(27)14-23(24)26(32)31(25)28-15-20-13-18(4)30(19(20)5)22-11-16(2)10-17(3)12-22/h8-15H,6-7H2,1-5H3. The van der Waals surface area contributed by atoms with E-state index in [0.29, 0.717) is 23.1 Å². The number of rotatable bonds is 5. The van der Waals surface area contributed by atoms with E-state index >= 15 is 0 Å². The van der Waals surface area contributed by atoms with Crippen molar-refractivity contribution in [1.82, 2.24) is 14.2 Å². The Kier molecular flexibility index (Phi) is 6.15. The molecule has 0 aliphatic carbocycles. The quantitative estimate of drug-likeness (QED) is 0.321. The van der Waals surface area contributed by atoms with Crippen molar-refractivity contribution in [2.75, 3.05) is 0 Å². The second-order valence-corrected chi connectivity index (χ2v) is 9.22. The van der Waals surface area contributed by atoms with Gasteiger partial charge in [0, 0.05) is 33.5 Å². The van der Waals surface area contributed by atoms with Crippen molar-refractivity contribution in [3.05, 3.63) is 91.2 Å². The Morgan fingerprint density at radius 1 is 1.03 bits per heavy atom. The molecule has 2 aromatic carbocycles. The van der Waals surface area contributed by atoms with Crippen LogP contribution in [0.1, 0.15) is 47.2 Å². The lowest BCUT2D eigenvalue weighted by atomic mass is 10.1. The van der Waals surface area contributed by atoms with Crippen molar-refractivity contribution < 1.29 is 0 Å². The van der Waals surface area contributed by atoms with E-state index in [1.807, 2.05) is 12.1 Å². The summed E-state index contributed by atoms with van der Waals surface area (Å²) in [5, 5.41) is 5.16. The van der Waals surface area contributed by atoms with Gasteiger partial charge in [-0.1, -0.05) is 28.9 Å². The molecule has 0 unspecified atom stereocenters. The van der Waals surface area contributed by atoms with Crippen LogP contribution in [0.4, 0.5) is 0 Å². The lowest BCUT2D eigenvalue weighted by molar-refractivity contribution is 0.703. The van der Waals surface area contributed by atoms with Gasteiger partial charge in [-0.3, -0.25) is 4.79 Å². The number of hydrogen-bond donors (Lipinski definition) is 0. The van der Waals surface area contributed by atoms with Crippen molar-refractivity contribution in [3.8, 4) is 5.69 Å². The molecule has 0 amide bonds. The second-order valence-electron chi connectivity index (χ2n) is 8.31. The van der Waals surface area contributed by atoms with Crippen LogP contribution in [0.3, 0.4) is 0 Å². The molecule has 6 heteroatoms. The lowest BCUT2D eigenvalue weighted by Crippen LogP contribution is -2.22. The van der Waals surface area contributed by atoms with Gasteiger partial charge in [-0.15, -0.1) is 0 Å². The maximum atomic E-state index is 13.2.